The Kier molecular flexibility index (Phi) is 8.50. The van der Waals surface area contributed by atoms with Gasteiger partial charge in [0.25, 0.3) is 11.7 Å². The molecule has 4 aromatic rings. The van der Waals surface area contributed by atoms with Gasteiger partial charge in [-0.15, -0.1) is 0 Å². The van der Waals surface area contributed by atoms with Crippen LogP contribution in [0, 0.1) is 6.92 Å². The van der Waals surface area contributed by atoms with Gasteiger partial charge in [-0.1, -0.05) is 62.4 Å². The zero-order valence-corrected chi connectivity index (χ0v) is 23.8. The summed E-state index contributed by atoms with van der Waals surface area (Å²) in [6, 6.07) is 22.1. The molecule has 41 heavy (non-hydrogen) atoms. The van der Waals surface area contributed by atoms with Gasteiger partial charge in [-0.2, -0.15) is 0 Å². The predicted octanol–water partition coefficient (Wildman–Crippen LogP) is 5.38. The summed E-state index contributed by atoms with van der Waals surface area (Å²) in [4.78, 5) is 35.4. The number of hydrogen-bond acceptors (Lipinski definition) is 6. The smallest absolute Gasteiger partial charge is 0.295 e. The first-order chi connectivity index (χ1) is 19.9. The van der Waals surface area contributed by atoms with Crippen LogP contribution in [0.4, 0.5) is 0 Å². The number of benzene rings is 2. The lowest BCUT2D eigenvalue weighted by Crippen LogP contribution is -2.33. The maximum Gasteiger partial charge on any atom is 0.295 e. The number of aliphatic hydroxyl groups is 1. The van der Waals surface area contributed by atoms with Crippen LogP contribution in [0.3, 0.4) is 0 Å². The molecule has 1 atom stereocenters. The second-order valence-corrected chi connectivity index (χ2v) is 10.2. The average molecular weight is 553 g/mol. The number of aliphatic hydroxyl groups excluding tert-OH is 1. The van der Waals surface area contributed by atoms with Gasteiger partial charge < -0.3 is 19.6 Å². The first-order valence-corrected chi connectivity index (χ1v) is 14.1. The highest BCUT2D eigenvalue weighted by Crippen LogP contribution is 2.40. The van der Waals surface area contributed by atoms with Crippen molar-refractivity contribution in [3.05, 3.63) is 107 Å². The summed E-state index contributed by atoms with van der Waals surface area (Å²) in [6.45, 7) is 9.45. The molecule has 1 fully saturated rings. The number of carbonyl (C=O) groups excluding carboxylic acids is 2. The van der Waals surface area contributed by atoms with Crippen molar-refractivity contribution in [2.75, 3.05) is 26.2 Å². The molecular weight excluding hydrogens is 516 g/mol. The van der Waals surface area contributed by atoms with Crippen LogP contribution < -0.4 is 4.74 Å². The van der Waals surface area contributed by atoms with E-state index in [1.165, 1.54) is 0 Å². The SMILES string of the molecule is CCN(CC)CCCN1C(=O)C(=O)/C(=C(/O)c2c(C)nc3ccccn23)C1c1ccc(OCc2ccccc2)cc1. The summed E-state index contributed by atoms with van der Waals surface area (Å²) in [7, 11) is 0. The zero-order chi connectivity index (χ0) is 28.9. The van der Waals surface area contributed by atoms with Crippen LogP contribution >= 0.6 is 0 Å². The predicted molar refractivity (Wildman–Crippen MR) is 159 cm³/mol. The molecule has 0 radical (unpaired) electrons. The third-order valence-corrected chi connectivity index (χ3v) is 7.68. The number of fused-ring (bicyclic) bond motifs is 1. The number of imidazole rings is 1. The number of hydrogen-bond donors (Lipinski definition) is 1. The topological polar surface area (TPSA) is 87.4 Å². The minimum atomic E-state index is -0.733. The van der Waals surface area contributed by atoms with E-state index in [0.717, 1.165) is 30.8 Å². The summed E-state index contributed by atoms with van der Waals surface area (Å²) in [5.41, 5.74) is 3.49. The van der Waals surface area contributed by atoms with Crippen molar-refractivity contribution < 1.29 is 19.4 Å². The summed E-state index contributed by atoms with van der Waals surface area (Å²) >= 11 is 0. The fourth-order valence-electron chi connectivity index (χ4n) is 5.48. The summed E-state index contributed by atoms with van der Waals surface area (Å²) in [5, 5.41) is 11.7. The Morgan fingerprint density at radius 1 is 0.976 bits per heavy atom. The maximum absolute atomic E-state index is 13.5. The number of nitrogens with zero attached hydrogens (tertiary/aromatic N) is 4. The molecule has 1 unspecified atom stereocenters. The minimum absolute atomic E-state index is 0.0737. The molecule has 5 rings (SSSR count). The molecule has 1 saturated heterocycles. The second kappa shape index (κ2) is 12.4. The molecular formula is C33H36N4O4. The van der Waals surface area contributed by atoms with Gasteiger partial charge in [0.2, 0.25) is 0 Å². The van der Waals surface area contributed by atoms with Crippen LogP contribution in [0.15, 0.2) is 84.6 Å². The second-order valence-electron chi connectivity index (χ2n) is 10.2. The van der Waals surface area contributed by atoms with Gasteiger partial charge in [0.15, 0.2) is 5.76 Å². The number of pyridine rings is 1. The van der Waals surface area contributed by atoms with Gasteiger partial charge in [0, 0.05) is 12.7 Å². The molecule has 8 nitrogen and oxygen atoms in total. The third kappa shape index (κ3) is 5.74. The molecule has 1 N–H and O–H groups in total. The number of ether oxygens (including phenoxy) is 1. The van der Waals surface area contributed by atoms with Gasteiger partial charge in [-0.05, 0) is 68.4 Å². The van der Waals surface area contributed by atoms with E-state index in [1.54, 1.807) is 22.4 Å². The number of likely N-dealkylation sites (tertiary alicyclic amines) is 1. The van der Waals surface area contributed by atoms with Gasteiger partial charge in [-0.3, -0.25) is 14.0 Å². The first-order valence-electron chi connectivity index (χ1n) is 14.1. The molecule has 3 heterocycles. The molecule has 0 bridgehead atoms. The van der Waals surface area contributed by atoms with E-state index in [-0.39, 0.29) is 11.3 Å². The first kappa shape index (κ1) is 28.1. The number of aromatic nitrogens is 2. The normalized spacial score (nSPS) is 16.7. The van der Waals surface area contributed by atoms with Crippen LogP contribution in [0.1, 0.15) is 48.8 Å². The molecule has 0 aliphatic carbocycles. The highest BCUT2D eigenvalue weighted by molar-refractivity contribution is 6.46. The van der Waals surface area contributed by atoms with Crippen molar-refractivity contribution >= 4 is 23.1 Å². The Balaban J connectivity index is 1.51. The molecule has 0 saturated carbocycles. The van der Waals surface area contributed by atoms with Crippen LogP contribution in [0.25, 0.3) is 11.4 Å². The highest BCUT2D eigenvalue weighted by Gasteiger charge is 2.46. The number of rotatable bonds is 11. The molecule has 212 valence electrons. The van der Waals surface area contributed by atoms with Gasteiger partial charge >= 0.3 is 0 Å². The van der Waals surface area contributed by atoms with E-state index < -0.39 is 17.7 Å². The fraction of sp³-hybridized carbons (Fsp3) is 0.303. The summed E-state index contributed by atoms with van der Waals surface area (Å²) in [5.74, 6) is -0.842. The highest BCUT2D eigenvalue weighted by atomic mass is 16.5. The number of aryl methyl sites for hydroxylation is 1. The Labute approximate surface area is 240 Å². The van der Waals surface area contributed by atoms with Crippen molar-refractivity contribution in [2.45, 2.75) is 39.8 Å². The number of Topliss-reactive ketones (excluding diaryl/α,β-unsaturated/α-hetero) is 1. The van der Waals surface area contributed by atoms with Crippen molar-refractivity contribution in [3.63, 3.8) is 0 Å². The van der Waals surface area contributed by atoms with Crippen molar-refractivity contribution in [1.29, 1.82) is 0 Å². The van der Waals surface area contributed by atoms with Crippen LogP contribution in [-0.2, 0) is 16.2 Å². The Morgan fingerprint density at radius 2 is 1.68 bits per heavy atom. The molecule has 1 aliphatic heterocycles. The molecule has 1 aliphatic rings. The van der Waals surface area contributed by atoms with Gasteiger partial charge in [-0.25, -0.2) is 4.98 Å². The molecule has 2 aromatic heterocycles. The maximum atomic E-state index is 13.5. The number of amides is 1. The molecule has 8 heteroatoms. The van der Waals surface area contributed by atoms with E-state index in [4.69, 9.17) is 4.74 Å². The minimum Gasteiger partial charge on any atom is -0.505 e. The van der Waals surface area contributed by atoms with Crippen molar-refractivity contribution in [2.24, 2.45) is 0 Å². The molecule has 1 amide bonds. The average Bonchev–Trinajstić information content (AvgIpc) is 3.47. The lowest BCUT2D eigenvalue weighted by Gasteiger charge is -2.27. The van der Waals surface area contributed by atoms with E-state index in [0.29, 0.717) is 42.4 Å². The lowest BCUT2D eigenvalue weighted by molar-refractivity contribution is -0.140. The lowest BCUT2D eigenvalue weighted by atomic mass is 9.96. The fourth-order valence-corrected chi connectivity index (χ4v) is 5.48. The standard InChI is InChI=1S/C33H36N4O4/c1-4-35(5-2)19-11-21-37-30(25-15-17-26(18-16-25)41-22-24-12-7-6-8-13-24)28(32(39)33(37)40)31(38)29-23(3)34-27-14-9-10-20-36(27)29/h6-10,12-18,20,30,38H,4-5,11,19,21-22H2,1-3H3/b31-28+. The Morgan fingerprint density at radius 3 is 2.39 bits per heavy atom. The third-order valence-electron chi connectivity index (χ3n) is 7.68. The van der Waals surface area contributed by atoms with Crippen molar-refractivity contribution in [3.8, 4) is 5.75 Å². The van der Waals surface area contributed by atoms with E-state index in [2.05, 4.69) is 23.7 Å². The van der Waals surface area contributed by atoms with E-state index in [1.807, 2.05) is 72.8 Å². The molecule has 2 aromatic carbocycles. The molecule has 0 spiro atoms. The Hall–Kier alpha value is -4.43. The quantitative estimate of drug-likeness (QED) is 0.153. The van der Waals surface area contributed by atoms with E-state index in [9.17, 15) is 14.7 Å². The Bertz CT molecular complexity index is 1560. The number of ketones is 1. The van der Waals surface area contributed by atoms with Crippen LogP contribution in [-0.4, -0.2) is 62.2 Å². The monoisotopic (exact) mass is 552 g/mol. The van der Waals surface area contributed by atoms with Crippen LogP contribution in [0.2, 0.25) is 0 Å². The van der Waals surface area contributed by atoms with Gasteiger partial charge in [0.05, 0.1) is 17.3 Å². The van der Waals surface area contributed by atoms with Crippen molar-refractivity contribution in [1.82, 2.24) is 19.2 Å². The zero-order valence-electron chi connectivity index (χ0n) is 23.8. The van der Waals surface area contributed by atoms with Crippen LogP contribution in [0.5, 0.6) is 5.75 Å². The van der Waals surface area contributed by atoms with E-state index >= 15 is 0 Å². The number of carbonyl (C=O) groups is 2. The summed E-state index contributed by atoms with van der Waals surface area (Å²) < 4.78 is 7.71. The largest absolute Gasteiger partial charge is 0.505 e. The van der Waals surface area contributed by atoms with Gasteiger partial charge in [0.1, 0.15) is 23.7 Å². The summed E-state index contributed by atoms with van der Waals surface area (Å²) in [6.07, 6.45) is 2.50.